The molecule has 2 heterocycles. The van der Waals surface area contributed by atoms with E-state index < -0.39 is 11.5 Å². The van der Waals surface area contributed by atoms with E-state index in [1.807, 2.05) is 0 Å². The van der Waals surface area contributed by atoms with Crippen LogP contribution in [0.3, 0.4) is 0 Å². The summed E-state index contributed by atoms with van der Waals surface area (Å²) in [7, 11) is 0. The van der Waals surface area contributed by atoms with Gasteiger partial charge in [-0.2, -0.15) is 0 Å². The first kappa shape index (κ1) is 14.2. The largest absolute Gasteiger partial charge is 0.486 e. The molecule has 0 unspecified atom stereocenters. The molecule has 0 aliphatic carbocycles. The predicted molar refractivity (Wildman–Crippen MR) is 81.9 cm³/mol. The molecule has 0 atom stereocenters. The summed E-state index contributed by atoms with van der Waals surface area (Å²) < 4.78 is 10.9. The molecule has 22 heavy (non-hydrogen) atoms. The van der Waals surface area contributed by atoms with Crippen molar-refractivity contribution in [3.05, 3.63) is 51.4 Å². The zero-order chi connectivity index (χ0) is 15.7. The number of carbonyl (C=O) groups excluding carboxylic acids is 1. The Morgan fingerprint density at radius 2 is 1.86 bits per heavy atom. The summed E-state index contributed by atoms with van der Waals surface area (Å²) in [6, 6.07) is 6.89. The molecule has 2 aromatic rings. The monoisotopic (exact) mass is 300 g/mol. The second-order valence-electron chi connectivity index (χ2n) is 5.15. The number of ether oxygens (including phenoxy) is 2. The average molecular weight is 300 g/mol. The number of amides is 1. The van der Waals surface area contributed by atoms with Crippen molar-refractivity contribution in [1.82, 2.24) is 4.98 Å². The molecule has 0 spiro atoms. The lowest BCUT2D eigenvalue weighted by atomic mass is 10.1. The second-order valence-corrected chi connectivity index (χ2v) is 5.15. The fourth-order valence-electron chi connectivity index (χ4n) is 2.45. The number of carbonyl (C=O) groups is 1. The summed E-state index contributed by atoms with van der Waals surface area (Å²) >= 11 is 0. The third-order valence-electron chi connectivity index (χ3n) is 3.39. The molecule has 114 valence electrons. The Morgan fingerprint density at radius 3 is 2.59 bits per heavy atom. The fourth-order valence-corrected chi connectivity index (χ4v) is 2.45. The summed E-state index contributed by atoms with van der Waals surface area (Å²) in [6.45, 7) is 4.50. The van der Waals surface area contributed by atoms with Crippen molar-refractivity contribution in [2.24, 2.45) is 0 Å². The summed E-state index contributed by atoms with van der Waals surface area (Å²) in [5.41, 5.74) is 1.62. The number of nitrogens with one attached hydrogen (secondary N) is 2. The van der Waals surface area contributed by atoms with Gasteiger partial charge in [0.05, 0.1) is 0 Å². The van der Waals surface area contributed by atoms with E-state index in [0.717, 1.165) is 5.69 Å². The molecule has 3 rings (SSSR count). The zero-order valence-electron chi connectivity index (χ0n) is 12.4. The van der Waals surface area contributed by atoms with Crippen molar-refractivity contribution >= 4 is 11.6 Å². The standard InChI is InChI=1S/C16H16N2O4/c1-9-7-10(2)17-15(19)14(9)16(20)18-11-3-4-12-13(8-11)22-6-5-21-12/h3-4,7-8H,5-6H2,1-2H3,(H,17,19)(H,18,20). The molecule has 6 heteroatoms. The van der Waals surface area contributed by atoms with E-state index in [1.54, 1.807) is 38.1 Å². The highest BCUT2D eigenvalue weighted by molar-refractivity contribution is 6.05. The van der Waals surface area contributed by atoms with Crippen molar-refractivity contribution in [3.63, 3.8) is 0 Å². The summed E-state index contributed by atoms with van der Waals surface area (Å²) in [5, 5.41) is 2.71. The number of hydrogen-bond acceptors (Lipinski definition) is 4. The molecular formula is C16H16N2O4. The topological polar surface area (TPSA) is 80.4 Å². The third-order valence-corrected chi connectivity index (χ3v) is 3.39. The second kappa shape index (κ2) is 5.55. The van der Waals surface area contributed by atoms with Crippen LogP contribution in [0.25, 0.3) is 0 Å². The third kappa shape index (κ3) is 2.67. The van der Waals surface area contributed by atoms with Gasteiger partial charge >= 0.3 is 0 Å². The van der Waals surface area contributed by atoms with E-state index in [9.17, 15) is 9.59 Å². The maximum Gasteiger partial charge on any atom is 0.261 e. The molecule has 1 aromatic heterocycles. The number of anilines is 1. The predicted octanol–water partition coefficient (Wildman–Crippen LogP) is 2.02. The molecule has 0 saturated carbocycles. The van der Waals surface area contributed by atoms with E-state index in [0.29, 0.717) is 36.0 Å². The van der Waals surface area contributed by atoms with E-state index in [2.05, 4.69) is 10.3 Å². The molecule has 6 nitrogen and oxygen atoms in total. The number of aromatic nitrogens is 1. The van der Waals surface area contributed by atoms with Crippen LogP contribution in [0.2, 0.25) is 0 Å². The van der Waals surface area contributed by atoms with E-state index in [-0.39, 0.29) is 5.56 Å². The van der Waals surface area contributed by atoms with Crippen LogP contribution in [0, 0.1) is 13.8 Å². The van der Waals surface area contributed by atoms with Gasteiger partial charge in [0, 0.05) is 17.4 Å². The van der Waals surface area contributed by atoms with Crippen LogP contribution in [-0.4, -0.2) is 24.1 Å². The quantitative estimate of drug-likeness (QED) is 0.889. The Kier molecular flexibility index (Phi) is 3.58. The molecule has 1 aliphatic heterocycles. The minimum Gasteiger partial charge on any atom is -0.486 e. The molecule has 0 radical (unpaired) electrons. The minimum atomic E-state index is -0.449. The van der Waals surface area contributed by atoms with Gasteiger partial charge in [-0.1, -0.05) is 0 Å². The van der Waals surface area contributed by atoms with Gasteiger partial charge in [-0.05, 0) is 37.6 Å². The molecule has 2 N–H and O–H groups in total. The summed E-state index contributed by atoms with van der Waals surface area (Å²) in [5.74, 6) is 0.780. The normalized spacial score (nSPS) is 12.8. The van der Waals surface area contributed by atoms with Gasteiger partial charge in [0.1, 0.15) is 18.8 Å². The van der Waals surface area contributed by atoms with Crippen molar-refractivity contribution in [3.8, 4) is 11.5 Å². The van der Waals surface area contributed by atoms with Gasteiger partial charge in [-0.25, -0.2) is 0 Å². The van der Waals surface area contributed by atoms with Gasteiger partial charge in [-0.3, -0.25) is 9.59 Å². The van der Waals surface area contributed by atoms with Crippen LogP contribution in [0.15, 0.2) is 29.1 Å². The van der Waals surface area contributed by atoms with Gasteiger partial charge in [0.2, 0.25) is 0 Å². The number of fused-ring (bicyclic) bond motifs is 1. The molecule has 0 saturated heterocycles. The number of aryl methyl sites for hydroxylation is 2. The van der Waals surface area contributed by atoms with E-state index in [4.69, 9.17) is 9.47 Å². The molecule has 0 bridgehead atoms. The Labute approximate surface area is 127 Å². The number of aromatic amines is 1. The minimum absolute atomic E-state index is 0.112. The van der Waals surface area contributed by atoms with Gasteiger partial charge in [-0.15, -0.1) is 0 Å². The Balaban J connectivity index is 1.87. The Hall–Kier alpha value is -2.76. The molecule has 1 aromatic carbocycles. The lowest BCUT2D eigenvalue weighted by Crippen LogP contribution is -2.25. The van der Waals surface area contributed by atoms with Gasteiger partial charge in [0.15, 0.2) is 11.5 Å². The molecule has 1 amide bonds. The first-order valence-corrected chi connectivity index (χ1v) is 6.96. The number of H-pyrrole nitrogens is 1. The lowest BCUT2D eigenvalue weighted by molar-refractivity contribution is 0.102. The van der Waals surface area contributed by atoms with Crippen LogP contribution in [0.5, 0.6) is 11.5 Å². The number of benzene rings is 1. The van der Waals surface area contributed by atoms with Crippen LogP contribution >= 0.6 is 0 Å². The SMILES string of the molecule is Cc1cc(C)c(C(=O)Nc2ccc3c(c2)OCCO3)c(=O)[nH]1. The molecule has 0 fully saturated rings. The highest BCUT2D eigenvalue weighted by atomic mass is 16.6. The number of pyridine rings is 1. The van der Waals surface area contributed by atoms with Crippen LogP contribution in [0.4, 0.5) is 5.69 Å². The van der Waals surface area contributed by atoms with Crippen molar-refractivity contribution in [2.75, 3.05) is 18.5 Å². The highest BCUT2D eigenvalue weighted by Crippen LogP contribution is 2.32. The van der Waals surface area contributed by atoms with Crippen molar-refractivity contribution in [1.29, 1.82) is 0 Å². The van der Waals surface area contributed by atoms with Gasteiger partial charge in [0.25, 0.3) is 11.5 Å². The molecular weight excluding hydrogens is 284 g/mol. The van der Waals surface area contributed by atoms with Gasteiger partial charge < -0.3 is 19.8 Å². The Bertz CT molecular complexity index is 795. The maximum absolute atomic E-state index is 12.3. The maximum atomic E-state index is 12.3. The molecule has 1 aliphatic rings. The average Bonchev–Trinajstić information content (AvgIpc) is 2.46. The summed E-state index contributed by atoms with van der Waals surface area (Å²) in [6.07, 6.45) is 0. The van der Waals surface area contributed by atoms with Crippen LogP contribution in [0.1, 0.15) is 21.6 Å². The number of rotatable bonds is 2. The zero-order valence-corrected chi connectivity index (χ0v) is 12.4. The Morgan fingerprint density at radius 1 is 1.14 bits per heavy atom. The van der Waals surface area contributed by atoms with E-state index >= 15 is 0 Å². The summed E-state index contributed by atoms with van der Waals surface area (Å²) in [4.78, 5) is 26.9. The first-order valence-electron chi connectivity index (χ1n) is 6.96. The number of hydrogen-bond donors (Lipinski definition) is 2. The van der Waals surface area contributed by atoms with E-state index in [1.165, 1.54) is 0 Å². The fraction of sp³-hybridized carbons (Fsp3) is 0.250. The first-order chi connectivity index (χ1) is 10.5. The smallest absolute Gasteiger partial charge is 0.261 e. The van der Waals surface area contributed by atoms with Crippen molar-refractivity contribution in [2.45, 2.75) is 13.8 Å². The highest BCUT2D eigenvalue weighted by Gasteiger charge is 2.17. The van der Waals surface area contributed by atoms with Crippen LogP contribution < -0.4 is 20.3 Å². The van der Waals surface area contributed by atoms with Crippen molar-refractivity contribution < 1.29 is 14.3 Å². The lowest BCUT2D eigenvalue weighted by Gasteiger charge is -2.19. The van der Waals surface area contributed by atoms with Crippen LogP contribution in [-0.2, 0) is 0 Å².